The average molecular weight is 399 g/mol. The molecule has 9 heteroatoms. The molecule has 3 aromatic heterocycles. The molecule has 1 fully saturated rings. The standard InChI is InChI=1S/C19H19ClN6O2/c20-15-2-1-7-22-18(15)26-10-5-17(25-26)24-19(27)23-14-6-11-28-16(12-14)13-3-8-21-9-4-13/h1-5,7-10,14,16H,6,11-12H2,(H2,23,24,25,27). The molecule has 0 radical (unpaired) electrons. The Bertz CT molecular complexity index is 948. The Hall–Kier alpha value is -2.97. The van der Waals surface area contributed by atoms with Gasteiger partial charge in [0, 0.05) is 43.5 Å². The van der Waals surface area contributed by atoms with Gasteiger partial charge in [0.1, 0.15) is 0 Å². The Labute approximate surface area is 166 Å². The zero-order chi connectivity index (χ0) is 19.3. The van der Waals surface area contributed by atoms with E-state index in [1.807, 2.05) is 12.1 Å². The number of aromatic nitrogens is 4. The number of hydrogen-bond donors (Lipinski definition) is 2. The van der Waals surface area contributed by atoms with Gasteiger partial charge in [-0.3, -0.25) is 10.3 Å². The van der Waals surface area contributed by atoms with Crippen LogP contribution in [0.5, 0.6) is 0 Å². The fourth-order valence-electron chi connectivity index (χ4n) is 3.13. The molecule has 4 rings (SSSR count). The van der Waals surface area contributed by atoms with Crippen LogP contribution < -0.4 is 10.6 Å². The SMILES string of the molecule is O=C(Nc1ccn(-c2ncccc2Cl)n1)NC1CCOC(c2ccncc2)C1. The maximum absolute atomic E-state index is 12.4. The van der Waals surface area contributed by atoms with Gasteiger partial charge < -0.3 is 10.1 Å². The second-order valence-corrected chi connectivity index (χ2v) is 6.82. The van der Waals surface area contributed by atoms with Crippen molar-refractivity contribution in [3.63, 3.8) is 0 Å². The average Bonchev–Trinajstić information content (AvgIpc) is 3.17. The van der Waals surface area contributed by atoms with Gasteiger partial charge in [0.2, 0.25) is 0 Å². The molecule has 144 valence electrons. The van der Waals surface area contributed by atoms with Gasteiger partial charge in [-0.2, -0.15) is 0 Å². The molecule has 1 aliphatic rings. The normalized spacial score (nSPS) is 19.2. The number of carbonyl (C=O) groups excluding carboxylic acids is 1. The van der Waals surface area contributed by atoms with E-state index in [2.05, 4.69) is 25.7 Å². The predicted octanol–water partition coefficient (Wildman–Crippen LogP) is 3.36. The van der Waals surface area contributed by atoms with Crippen molar-refractivity contribution in [2.45, 2.75) is 25.0 Å². The quantitative estimate of drug-likeness (QED) is 0.702. The Morgan fingerprint density at radius 3 is 2.89 bits per heavy atom. The highest BCUT2D eigenvalue weighted by Crippen LogP contribution is 2.27. The van der Waals surface area contributed by atoms with Crippen molar-refractivity contribution >= 4 is 23.4 Å². The molecular formula is C19H19ClN6O2. The minimum Gasteiger partial charge on any atom is -0.373 e. The van der Waals surface area contributed by atoms with Gasteiger partial charge in [0.15, 0.2) is 11.6 Å². The molecule has 0 spiro atoms. The number of nitrogens with one attached hydrogen (secondary N) is 2. The molecule has 0 bridgehead atoms. The smallest absolute Gasteiger partial charge is 0.320 e. The molecule has 8 nitrogen and oxygen atoms in total. The zero-order valence-electron chi connectivity index (χ0n) is 15.0. The number of nitrogens with zero attached hydrogens (tertiary/aromatic N) is 4. The Morgan fingerprint density at radius 2 is 2.07 bits per heavy atom. The van der Waals surface area contributed by atoms with E-state index in [1.165, 1.54) is 4.68 Å². The summed E-state index contributed by atoms with van der Waals surface area (Å²) in [4.78, 5) is 20.6. The molecule has 0 aromatic carbocycles. The van der Waals surface area contributed by atoms with E-state index >= 15 is 0 Å². The third kappa shape index (κ3) is 4.29. The number of amides is 2. The van der Waals surface area contributed by atoms with Crippen LogP contribution in [-0.2, 0) is 4.74 Å². The highest BCUT2D eigenvalue weighted by Gasteiger charge is 2.25. The highest BCUT2D eigenvalue weighted by atomic mass is 35.5. The van der Waals surface area contributed by atoms with Gasteiger partial charge in [-0.05, 0) is 42.7 Å². The number of pyridine rings is 2. The number of anilines is 1. The van der Waals surface area contributed by atoms with Crippen LogP contribution in [0.2, 0.25) is 5.02 Å². The molecule has 2 N–H and O–H groups in total. The van der Waals surface area contributed by atoms with Crippen LogP contribution in [-0.4, -0.2) is 38.4 Å². The van der Waals surface area contributed by atoms with Crippen LogP contribution in [0.25, 0.3) is 5.82 Å². The minimum atomic E-state index is -0.308. The first-order valence-corrected chi connectivity index (χ1v) is 9.32. The minimum absolute atomic E-state index is 0.0132. The summed E-state index contributed by atoms with van der Waals surface area (Å²) in [6.45, 7) is 0.588. The van der Waals surface area contributed by atoms with Gasteiger partial charge in [-0.1, -0.05) is 11.6 Å². The Morgan fingerprint density at radius 1 is 1.21 bits per heavy atom. The lowest BCUT2D eigenvalue weighted by Crippen LogP contribution is -2.42. The summed E-state index contributed by atoms with van der Waals surface area (Å²) in [6, 6.07) is 8.74. The summed E-state index contributed by atoms with van der Waals surface area (Å²) in [5.41, 5.74) is 1.06. The van der Waals surface area contributed by atoms with Crippen molar-refractivity contribution in [2.24, 2.45) is 0 Å². The monoisotopic (exact) mass is 398 g/mol. The molecule has 1 saturated heterocycles. The highest BCUT2D eigenvalue weighted by molar-refractivity contribution is 6.32. The Balaban J connectivity index is 1.35. The van der Waals surface area contributed by atoms with Gasteiger partial charge >= 0.3 is 6.03 Å². The first-order chi connectivity index (χ1) is 13.7. The van der Waals surface area contributed by atoms with Crippen LogP contribution >= 0.6 is 11.6 Å². The number of rotatable bonds is 4. The van der Waals surface area contributed by atoms with Crippen LogP contribution in [0.1, 0.15) is 24.5 Å². The van der Waals surface area contributed by atoms with Gasteiger partial charge in [-0.25, -0.2) is 14.5 Å². The lowest BCUT2D eigenvalue weighted by molar-refractivity contribution is 0.00249. The molecule has 1 aliphatic heterocycles. The fourth-order valence-corrected chi connectivity index (χ4v) is 3.34. The van der Waals surface area contributed by atoms with Gasteiger partial charge in [0.05, 0.1) is 11.1 Å². The second kappa shape index (κ2) is 8.37. The Kier molecular flexibility index (Phi) is 5.50. The maximum atomic E-state index is 12.4. The van der Waals surface area contributed by atoms with Crippen molar-refractivity contribution in [3.05, 3.63) is 65.7 Å². The molecule has 0 aliphatic carbocycles. The second-order valence-electron chi connectivity index (χ2n) is 6.41. The van der Waals surface area contributed by atoms with E-state index in [9.17, 15) is 4.79 Å². The van der Waals surface area contributed by atoms with E-state index in [4.69, 9.17) is 16.3 Å². The van der Waals surface area contributed by atoms with Gasteiger partial charge in [-0.15, -0.1) is 5.10 Å². The molecule has 2 amide bonds. The first-order valence-electron chi connectivity index (χ1n) is 8.94. The third-order valence-electron chi connectivity index (χ3n) is 4.48. The van der Waals surface area contributed by atoms with E-state index in [0.717, 1.165) is 12.0 Å². The molecular weight excluding hydrogens is 380 g/mol. The predicted molar refractivity (Wildman–Crippen MR) is 104 cm³/mol. The van der Waals surface area contributed by atoms with Crippen molar-refractivity contribution in [3.8, 4) is 5.82 Å². The largest absolute Gasteiger partial charge is 0.373 e. The van der Waals surface area contributed by atoms with Crippen LogP contribution in [0.15, 0.2) is 55.1 Å². The van der Waals surface area contributed by atoms with Gasteiger partial charge in [0.25, 0.3) is 0 Å². The van der Waals surface area contributed by atoms with Crippen molar-refractivity contribution in [2.75, 3.05) is 11.9 Å². The fraction of sp³-hybridized carbons (Fsp3) is 0.263. The van der Waals surface area contributed by atoms with Crippen LogP contribution in [0.4, 0.5) is 10.6 Å². The maximum Gasteiger partial charge on any atom is 0.320 e. The van der Waals surface area contributed by atoms with Crippen molar-refractivity contribution in [1.82, 2.24) is 25.1 Å². The molecule has 2 atom stereocenters. The molecule has 28 heavy (non-hydrogen) atoms. The topological polar surface area (TPSA) is 94.0 Å². The number of halogens is 1. The van der Waals surface area contributed by atoms with E-state index in [-0.39, 0.29) is 18.2 Å². The number of urea groups is 1. The van der Waals surface area contributed by atoms with E-state index in [1.54, 1.807) is 43.0 Å². The number of carbonyl (C=O) groups is 1. The summed E-state index contributed by atoms with van der Waals surface area (Å²) in [5, 5.41) is 10.5. The lowest BCUT2D eigenvalue weighted by atomic mass is 9.98. The first kappa shape index (κ1) is 18.4. The summed E-state index contributed by atoms with van der Waals surface area (Å²) < 4.78 is 7.34. The molecule has 2 unspecified atom stereocenters. The lowest BCUT2D eigenvalue weighted by Gasteiger charge is -2.30. The van der Waals surface area contributed by atoms with Crippen LogP contribution in [0.3, 0.4) is 0 Å². The third-order valence-corrected chi connectivity index (χ3v) is 4.78. The molecule has 4 heterocycles. The van der Waals surface area contributed by atoms with Crippen LogP contribution in [0, 0.1) is 0 Å². The zero-order valence-corrected chi connectivity index (χ0v) is 15.7. The summed E-state index contributed by atoms with van der Waals surface area (Å²) in [5.74, 6) is 0.916. The summed E-state index contributed by atoms with van der Waals surface area (Å²) in [6.07, 6.45) is 8.22. The summed E-state index contributed by atoms with van der Waals surface area (Å²) in [7, 11) is 0. The van der Waals surface area contributed by atoms with E-state index in [0.29, 0.717) is 29.7 Å². The van der Waals surface area contributed by atoms with Crippen molar-refractivity contribution in [1.29, 1.82) is 0 Å². The van der Waals surface area contributed by atoms with E-state index < -0.39 is 0 Å². The molecule has 3 aromatic rings. The number of ether oxygens (including phenoxy) is 1. The molecule has 0 saturated carbocycles. The summed E-state index contributed by atoms with van der Waals surface area (Å²) >= 11 is 6.13. The number of hydrogen-bond acceptors (Lipinski definition) is 5. The van der Waals surface area contributed by atoms with Crippen molar-refractivity contribution < 1.29 is 9.53 Å².